The SMILES string of the molecule is CCc1ccccc1NC(=O)CN(C)C(=O)c1cccn1C. The number of likely N-dealkylation sites (N-methyl/N-ethyl adjacent to an activating group) is 1. The molecule has 1 N–H and O–H groups in total. The summed E-state index contributed by atoms with van der Waals surface area (Å²) in [5.41, 5.74) is 2.44. The molecule has 0 aliphatic rings. The number of nitrogens with one attached hydrogen (secondary N) is 1. The Morgan fingerprint density at radius 3 is 2.55 bits per heavy atom. The number of amides is 2. The highest BCUT2D eigenvalue weighted by Crippen LogP contribution is 2.15. The van der Waals surface area contributed by atoms with Crippen LogP contribution in [0.5, 0.6) is 0 Å². The molecule has 0 bridgehead atoms. The molecular formula is C17H21N3O2. The molecule has 0 saturated carbocycles. The summed E-state index contributed by atoms with van der Waals surface area (Å²) < 4.78 is 1.74. The quantitative estimate of drug-likeness (QED) is 0.921. The van der Waals surface area contributed by atoms with E-state index >= 15 is 0 Å². The Labute approximate surface area is 130 Å². The number of para-hydroxylation sites is 1. The first-order chi connectivity index (χ1) is 10.5. The molecule has 116 valence electrons. The number of aryl methyl sites for hydroxylation is 2. The molecule has 0 saturated heterocycles. The van der Waals surface area contributed by atoms with Crippen molar-refractivity contribution in [3.05, 3.63) is 53.9 Å². The second-order valence-electron chi connectivity index (χ2n) is 5.22. The highest BCUT2D eigenvalue weighted by atomic mass is 16.2. The van der Waals surface area contributed by atoms with Gasteiger partial charge in [-0.3, -0.25) is 9.59 Å². The first-order valence-corrected chi connectivity index (χ1v) is 7.27. The van der Waals surface area contributed by atoms with Gasteiger partial charge in [0.25, 0.3) is 5.91 Å². The van der Waals surface area contributed by atoms with Crippen LogP contribution in [0.25, 0.3) is 0 Å². The van der Waals surface area contributed by atoms with Gasteiger partial charge in [-0.15, -0.1) is 0 Å². The van der Waals surface area contributed by atoms with Crippen LogP contribution >= 0.6 is 0 Å². The van der Waals surface area contributed by atoms with Gasteiger partial charge in [-0.05, 0) is 30.2 Å². The van der Waals surface area contributed by atoms with E-state index in [-0.39, 0.29) is 18.4 Å². The number of nitrogens with zero attached hydrogens (tertiary/aromatic N) is 2. The summed E-state index contributed by atoms with van der Waals surface area (Å²) in [4.78, 5) is 25.8. The second-order valence-corrected chi connectivity index (χ2v) is 5.22. The molecule has 0 atom stereocenters. The Balaban J connectivity index is 2.00. The van der Waals surface area contributed by atoms with Gasteiger partial charge in [0.2, 0.25) is 5.91 Å². The van der Waals surface area contributed by atoms with E-state index in [1.807, 2.05) is 31.2 Å². The first kappa shape index (κ1) is 15.8. The monoisotopic (exact) mass is 299 g/mol. The van der Waals surface area contributed by atoms with Crippen molar-refractivity contribution >= 4 is 17.5 Å². The lowest BCUT2D eigenvalue weighted by molar-refractivity contribution is -0.116. The zero-order valence-corrected chi connectivity index (χ0v) is 13.2. The van der Waals surface area contributed by atoms with Gasteiger partial charge in [0, 0.05) is 26.0 Å². The van der Waals surface area contributed by atoms with Crippen LogP contribution in [0.4, 0.5) is 5.69 Å². The lowest BCUT2D eigenvalue weighted by Crippen LogP contribution is -2.35. The molecule has 5 heteroatoms. The van der Waals surface area contributed by atoms with E-state index in [1.165, 1.54) is 4.90 Å². The van der Waals surface area contributed by atoms with Crippen LogP contribution < -0.4 is 5.32 Å². The van der Waals surface area contributed by atoms with Crippen molar-refractivity contribution in [3.8, 4) is 0 Å². The number of anilines is 1. The third kappa shape index (κ3) is 3.55. The van der Waals surface area contributed by atoms with E-state index in [2.05, 4.69) is 5.32 Å². The Morgan fingerprint density at radius 2 is 1.91 bits per heavy atom. The van der Waals surface area contributed by atoms with E-state index in [4.69, 9.17) is 0 Å². The van der Waals surface area contributed by atoms with Gasteiger partial charge in [0.1, 0.15) is 5.69 Å². The summed E-state index contributed by atoms with van der Waals surface area (Å²) >= 11 is 0. The van der Waals surface area contributed by atoms with E-state index in [1.54, 1.807) is 37.0 Å². The minimum absolute atomic E-state index is 0.0159. The van der Waals surface area contributed by atoms with Gasteiger partial charge in [-0.2, -0.15) is 0 Å². The van der Waals surface area contributed by atoms with Crippen LogP contribution in [-0.4, -0.2) is 34.9 Å². The van der Waals surface area contributed by atoms with Crippen LogP contribution in [0.15, 0.2) is 42.6 Å². The van der Waals surface area contributed by atoms with Gasteiger partial charge in [0.15, 0.2) is 0 Å². The molecule has 0 spiro atoms. The largest absolute Gasteiger partial charge is 0.347 e. The lowest BCUT2D eigenvalue weighted by atomic mass is 10.1. The Morgan fingerprint density at radius 1 is 1.18 bits per heavy atom. The average Bonchev–Trinajstić information content (AvgIpc) is 2.93. The van der Waals surface area contributed by atoms with Crippen LogP contribution in [0.2, 0.25) is 0 Å². The average molecular weight is 299 g/mol. The van der Waals surface area contributed by atoms with Crippen molar-refractivity contribution in [1.82, 2.24) is 9.47 Å². The van der Waals surface area contributed by atoms with E-state index in [9.17, 15) is 9.59 Å². The van der Waals surface area contributed by atoms with E-state index < -0.39 is 0 Å². The molecule has 2 aromatic rings. The van der Waals surface area contributed by atoms with Crippen molar-refractivity contribution in [1.29, 1.82) is 0 Å². The standard InChI is InChI=1S/C17H21N3O2/c1-4-13-8-5-6-9-14(13)18-16(21)12-20(3)17(22)15-10-7-11-19(15)2/h5-11H,4,12H2,1-3H3,(H,18,21). The number of hydrogen-bond acceptors (Lipinski definition) is 2. The number of carbonyl (C=O) groups excluding carboxylic acids is 2. The molecule has 0 fully saturated rings. The molecule has 1 aromatic heterocycles. The van der Waals surface area contributed by atoms with Gasteiger partial charge in [-0.25, -0.2) is 0 Å². The minimum Gasteiger partial charge on any atom is -0.347 e. The van der Waals surface area contributed by atoms with E-state index in [0.29, 0.717) is 5.69 Å². The number of hydrogen-bond donors (Lipinski definition) is 1. The maximum Gasteiger partial charge on any atom is 0.270 e. The Kier molecular flexibility index (Phi) is 4.99. The summed E-state index contributed by atoms with van der Waals surface area (Å²) in [6.45, 7) is 2.05. The Bertz CT molecular complexity index is 676. The van der Waals surface area contributed by atoms with Crippen molar-refractivity contribution in [2.45, 2.75) is 13.3 Å². The number of benzene rings is 1. The van der Waals surface area contributed by atoms with Crippen LogP contribution in [0.1, 0.15) is 23.0 Å². The molecule has 0 aliphatic heterocycles. The minimum atomic E-state index is -0.203. The highest BCUT2D eigenvalue weighted by molar-refractivity contribution is 5.98. The number of aromatic nitrogens is 1. The number of carbonyl (C=O) groups is 2. The topological polar surface area (TPSA) is 54.3 Å². The van der Waals surface area contributed by atoms with Crippen molar-refractivity contribution < 1.29 is 9.59 Å². The van der Waals surface area contributed by atoms with Crippen molar-refractivity contribution in [2.75, 3.05) is 18.9 Å². The molecule has 1 heterocycles. The van der Waals surface area contributed by atoms with Crippen molar-refractivity contribution in [3.63, 3.8) is 0 Å². The fourth-order valence-electron chi connectivity index (χ4n) is 2.31. The molecule has 5 nitrogen and oxygen atoms in total. The van der Waals surface area contributed by atoms with Gasteiger partial charge in [0.05, 0.1) is 6.54 Å². The van der Waals surface area contributed by atoms with E-state index in [0.717, 1.165) is 17.7 Å². The normalized spacial score (nSPS) is 10.3. The Hall–Kier alpha value is -2.56. The van der Waals surface area contributed by atoms with Crippen LogP contribution in [0, 0.1) is 0 Å². The summed E-state index contributed by atoms with van der Waals surface area (Å²) in [7, 11) is 3.43. The van der Waals surface area contributed by atoms with Gasteiger partial charge < -0.3 is 14.8 Å². The second kappa shape index (κ2) is 6.93. The lowest BCUT2D eigenvalue weighted by Gasteiger charge is -2.18. The molecule has 1 aromatic carbocycles. The molecule has 2 amide bonds. The maximum atomic E-state index is 12.3. The van der Waals surface area contributed by atoms with Gasteiger partial charge in [-0.1, -0.05) is 25.1 Å². The third-order valence-electron chi connectivity index (χ3n) is 3.56. The molecule has 0 unspecified atom stereocenters. The first-order valence-electron chi connectivity index (χ1n) is 7.27. The molecule has 22 heavy (non-hydrogen) atoms. The zero-order chi connectivity index (χ0) is 16.1. The van der Waals surface area contributed by atoms with Gasteiger partial charge >= 0.3 is 0 Å². The molecule has 0 aliphatic carbocycles. The highest BCUT2D eigenvalue weighted by Gasteiger charge is 2.17. The van der Waals surface area contributed by atoms with Crippen LogP contribution in [-0.2, 0) is 18.3 Å². The molecule has 0 radical (unpaired) electrons. The smallest absolute Gasteiger partial charge is 0.270 e. The van der Waals surface area contributed by atoms with Crippen LogP contribution in [0.3, 0.4) is 0 Å². The summed E-state index contributed by atoms with van der Waals surface area (Å²) in [5.74, 6) is -0.377. The zero-order valence-electron chi connectivity index (χ0n) is 13.2. The predicted octanol–water partition coefficient (Wildman–Crippen LogP) is 2.30. The fourth-order valence-corrected chi connectivity index (χ4v) is 2.31. The third-order valence-corrected chi connectivity index (χ3v) is 3.56. The summed E-state index contributed by atoms with van der Waals surface area (Å²) in [6.07, 6.45) is 2.65. The summed E-state index contributed by atoms with van der Waals surface area (Å²) in [6, 6.07) is 11.2. The maximum absolute atomic E-state index is 12.3. The number of rotatable bonds is 5. The molecule has 2 rings (SSSR count). The fraction of sp³-hybridized carbons (Fsp3) is 0.294. The predicted molar refractivity (Wildman–Crippen MR) is 86.8 cm³/mol. The van der Waals surface area contributed by atoms with Crippen molar-refractivity contribution in [2.24, 2.45) is 7.05 Å². The summed E-state index contributed by atoms with van der Waals surface area (Å²) in [5, 5.41) is 2.87. The molecular weight excluding hydrogens is 278 g/mol.